The van der Waals surface area contributed by atoms with Crippen LogP contribution < -0.4 is 4.74 Å². The molecule has 3 rings (SSSR count). The van der Waals surface area contributed by atoms with Gasteiger partial charge in [-0.1, -0.05) is 30.3 Å². The minimum Gasteiger partial charge on any atom is -0.472 e. The molecule has 0 amide bonds. The third-order valence-electron chi connectivity index (χ3n) is 2.37. The molecule has 0 aliphatic heterocycles. The Morgan fingerprint density at radius 1 is 1.12 bits per heavy atom. The summed E-state index contributed by atoms with van der Waals surface area (Å²) in [5.74, 6) is 0.491. The molecule has 0 aliphatic carbocycles. The second-order valence-electron chi connectivity index (χ2n) is 3.59. The predicted molar refractivity (Wildman–Crippen MR) is 62.5 cm³/mol. The van der Waals surface area contributed by atoms with Gasteiger partial charge in [0.05, 0.1) is 12.4 Å². The number of nitrogens with one attached hydrogen (secondary N) is 1. The number of H-pyrrole nitrogens is 1. The predicted octanol–water partition coefficient (Wildman–Crippen LogP) is 1.93. The average Bonchev–Trinajstić information content (AvgIpc) is 2.85. The van der Waals surface area contributed by atoms with Crippen molar-refractivity contribution < 1.29 is 4.74 Å². The van der Waals surface area contributed by atoms with Crippen LogP contribution in [-0.2, 0) is 6.61 Å². The van der Waals surface area contributed by atoms with E-state index in [-0.39, 0.29) is 0 Å². The van der Waals surface area contributed by atoms with E-state index in [0.717, 1.165) is 11.1 Å². The molecule has 5 heteroatoms. The summed E-state index contributed by atoms with van der Waals surface area (Å²) in [6.45, 7) is 0.481. The van der Waals surface area contributed by atoms with Gasteiger partial charge in [0, 0.05) is 0 Å². The van der Waals surface area contributed by atoms with E-state index in [0.29, 0.717) is 18.1 Å². The van der Waals surface area contributed by atoms with E-state index in [9.17, 15) is 0 Å². The summed E-state index contributed by atoms with van der Waals surface area (Å²) < 4.78 is 5.55. The first-order chi connectivity index (χ1) is 8.42. The molecule has 84 valence electrons. The van der Waals surface area contributed by atoms with E-state index in [1.54, 1.807) is 12.4 Å². The molecule has 5 nitrogen and oxygen atoms in total. The van der Waals surface area contributed by atoms with Crippen LogP contribution in [0.25, 0.3) is 11.2 Å². The van der Waals surface area contributed by atoms with Gasteiger partial charge in [-0.25, -0.2) is 4.98 Å². The fourth-order valence-electron chi connectivity index (χ4n) is 1.51. The molecular weight excluding hydrogens is 216 g/mol. The van der Waals surface area contributed by atoms with Crippen LogP contribution >= 0.6 is 0 Å². The first-order valence-electron chi connectivity index (χ1n) is 5.25. The molecule has 0 spiro atoms. The number of benzene rings is 1. The van der Waals surface area contributed by atoms with Crippen molar-refractivity contribution in [2.75, 3.05) is 0 Å². The van der Waals surface area contributed by atoms with Gasteiger partial charge in [0.15, 0.2) is 5.65 Å². The Hall–Kier alpha value is -2.43. The lowest BCUT2D eigenvalue weighted by molar-refractivity contribution is 0.293. The van der Waals surface area contributed by atoms with Crippen molar-refractivity contribution in [3.63, 3.8) is 0 Å². The highest BCUT2D eigenvalue weighted by Crippen LogP contribution is 2.12. The van der Waals surface area contributed by atoms with Crippen LogP contribution in [0.2, 0.25) is 0 Å². The smallest absolute Gasteiger partial charge is 0.234 e. The Labute approximate surface area is 97.5 Å². The lowest BCUT2D eigenvalue weighted by Gasteiger charge is -2.04. The number of fused-ring (bicyclic) bond motifs is 1. The van der Waals surface area contributed by atoms with Crippen molar-refractivity contribution in [2.45, 2.75) is 6.61 Å². The van der Waals surface area contributed by atoms with Crippen LogP contribution in [0.5, 0.6) is 5.88 Å². The molecule has 0 saturated heterocycles. The number of aromatic amines is 1. The number of ether oxygens (including phenoxy) is 1. The zero-order chi connectivity index (χ0) is 11.5. The Morgan fingerprint density at radius 2 is 2.00 bits per heavy atom. The monoisotopic (exact) mass is 226 g/mol. The van der Waals surface area contributed by atoms with E-state index in [4.69, 9.17) is 4.74 Å². The third kappa shape index (κ3) is 2.08. The zero-order valence-corrected chi connectivity index (χ0v) is 9.00. The van der Waals surface area contributed by atoms with E-state index in [1.165, 1.54) is 0 Å². The van der Waals surface area contributed by atoms with Crippen LogP contribution in [0.15, 0.2) is 42.7 Å². The molecule has 3 aromatic rings. The van der Waals surface area contributed by atoms with Gasteiger partial charge in [-0.2, -0.15) is 10.1 Å². The summed E-state index contributed by atoms with van der Waals surface area (Å²) in [5.41, 5.74) is 2.46. The maximum absolute atomic E-state index is 5.55. The number of hydrogen-bond acceptors (Lipinski definition) is 4. The Kier molecular flexibility index (Phi) is 2.42. The van der Waals surface area contributed by atoms with E-state index in [2.05, 4.69) is 20.2 Å². The maximum atomic E-state index is 5.55. The Balaban J connectivity index is 1.76. The SMILES string of the molecule is c1ccc(COc2cnc3cn[nH]c3n2)cc1. The first kappa shape index (κ1) is 9.77. The van der Waals surface area contributed by atoms with Gasteiger partial charge in [0.1, 0.15) is 12.1 Å². The van der Waals surface area contributed by atoms with Crippen LogP contribution in [0.3, 0.4) is 0 Å². The topological polar surface area (TPSA) is 63.7 Å². The van der Waals surface area contributed by atoms with E-state index >= 15 is 0 Å². The molecule has 0 aliphatic rings. The van der Waals surface area contributed by atoms with Gasteiger partial charge in [0.2, 0.25) is 5.88 Å². The van der Waals surface area contributed by atoms with Gasteiger partial charge in [-0.05, 0) is 5.56 Å². The molecule has 1 N–H and O–H groups in total. The second kappa shape index (κ2) is 4.21. The van der Waals surface area contributed by atoms with E-state index < -0.39 is 0 Å². The highest BCUT2D eigenvalue weighted by Gasteiger charge is 2.02. The van der Waals surface area contributed by atoms with Gasteiger partial charge in [0.25, 0.3) is 0 Å². The molecule has 1 aromatic carbocycles. The van der Waals surface area contributed by atoms with Crippen molar-refractivity contribution in [3.8, 4) is 5.88 Å². The lowest BCUT2D eigenvalue weighted by Crippen LogP contribution is -1.97. The quantitative estimate of drug-likeness (QED) is 0.741. The minimum absolute atomic E-state index is 0.481. The van der Waals surface area contributed by atoms with Crippen LogP contribution in [0, 0.1) is 0 Å². The fraction of sp³-hybridized carbons (Fsp3) is 0.0833. The van der Waals surface area contributed by atoms with Crippen molar-refractivity contribution >= 4 is 11.2 Å². The minimum atomic E-state index is 0.481. The number of aromatic nitrogens is 4. The van der Waals surface area contributed by atoms with Crippen LogP contribution in [-0.4, -0.2) is 20.2 Å². The molecule has 17 heavy (non-hydrogen) atoms. The first-order valence-corrected chi connectivity index (χ1v) is 5.25. The third-order valence-corrected chi connectivity index (χ3v) is 2.37. The summed E-state index contributed by atoms with van der Waals surface area (Å²) in [6, 6.07) is 9.93. The standard InChI is InChI=1S/C12H10N4O/c1-2-4-9(5-3-1)8-17-11-7-13-10-6-14-16-12(10)15-11/h1-7H,8H2,(H,14,15,16). The van der Waals surface area contributed by atoms with Gasteiger partial charge in [-0.15, -0.1) is 0 Å². The van der Waals surface area contributed by atoms with E-state index in [1.807, 2.05) is 30.3 Å². The summed E-state index contributed by atoms with van der Waals surface area (Å²) in [6.07, 6.45) is 3.23. The molecule has 0 radical (unpaired) electrons. The average molecular weight is 226 g/mol. The summed E-state index contributed by atoms with van der Waals surface area (Å²) in [5, 5.41) is 6.61. The highest BCUT2D eigenvalue weighted by atomic mass is 16.5. The lowest BCUT2D eigenvalue weighted by atomic mass is 10.2. The van der Waals surface area contributed by atoms with Crippen molar-refractivity contribution in [3.05, 3.63) is 48.3 Å². The molecule has 0 fully saturated rings. The molecule has 2 aromatic heterocycles. The van der Waals surface area contributed by atoms with Crippen LogP contribution in [0.4, 0.5) is 0 Å². The summed E-state index contributed by atoms with van der Waals surface area (Å²) >= 11 is 0. The number of nitrogens with zero attached hydrogens (tertiary/aromatic N) is 3. The number of hydrogen-bond donors (Lipinski definition) is 1. The normalized spacial score (nSPS) is 10.6. The summed E-state index contributed by atoms with van der Waals surface area (Å²) in [7, 11) is 0. The van der Waals surface area contributed by atoms with Crippen molar-refractivity contribution in [2.24, 2.45) is 0 Å². The maximum Gasteiger partial charge on any atom is 0.234 e. The largest absolute Gasteiger partial charge is 0.472 e. The molecule has 0 bridgehead atoms. The van der Waals surface area contributed by atoms with Gasteiger partial charge < -0.3 is 4.74 Å². The fourth-order valence-corrected chi connectivity index (χ4v) is 1.51. The van der Waals surface area contributed by atoms with Gasteiger partial charge >= 0.3 is 0 Å². The Morgan fingerprint density at radius 3 is 2.88 bits per heavy atom. The second-order valence-corrected chi connectivity index (χ2v) is 3.59. The summed E-state index contributed by atoms with van der Waals surface area (Å²) in [4.78, 5) is 8.42. The number of rotatable bonds is 3. The highest BCUT2D eigenvalue weighted by molar-refractivity contribution is 5.68. The van der Waals surface area contributed by atoms with Crippen LogP contribution in [0.1, 0.15) is 5.56 Å². The molecule has 0 unspecified atom stereocenters. The van der Waals surface area contributed by atoms with Crippen molar-refractivity contribution in [1.29, 1.82) is 0 Å². The molecular formula is C12H10N4O. The molecule has 0 saturated carbocycles. The Bertz CT molecular complexity index is 620. The van der Waals surface area contributed by atoms with Gasteiger partial charge in [-0.3, -0.25) is 5.10 Å². The molecule has 2 heterocycles. The van der Waals surface area contributed by atoms with Crippen molar-refractivity contribution in [1.82, 2.24) is 20.2 Å². The zero-order valence-electron chi connectivity index (χ0n) is 9.00. The molecule has 0 atom stereocenters.